The van der Waals surface area contributed by atoms with Crippen LogP contribution in [0, 0.1) is 0 Å². The minimum atomic E-state index is -5.29. The number of alkyl halides is 6. The van der Waals surface area contributed by atoms with Crippen molar-refractivity contribution in [2.75, 3.05) is 0 Å². The Bertz CT molecular complexity index is 169. The van der Waals surface area contributed by atoms with Gasteiger partial charge in [0, 0.05) is 0 Å². The Hall–Kier alpha value is -0.230. The third-order valence-electron chi connectivity index (χ3n) is 0.700. The van der Waals surface area contributed by atoms with Gasteiger partial charge in [-0.25, -0.2) is 9.18 Å². The second kappa shape index (κ2) is 4.13. The standard InChI is InChI=1S/C4H2Cl2F4O2/c5-3(6)12-2(11)1(7)4(8,9)10/h1,3H. The lowest BCUT2D eigenvalue weighted by molar-refractivity contribution is -0.200. The lowest BCUT2D eigenvalue weighted by atomic mass is 10.4. The number of esters is 1. The molecule has 0 rings (SSSR count). The van der Waals surface area contributed by atoms with Crippen LogP contribution in [0.15, 0.2) is 0 Å². The summed E-state index contributed by atoms with van der Waals surface area (Å²) in [7, 11) is 0. The number of carbonyl (C=O) groups excluding carboxylic acids is 1. The highest BCUT2D eigenvalue weighted by Gasteiger charge is 2.47. The van der Waals surface area contributed by atoms with Gasteiger partial charge in [0.2, 0.25) is 0 Å². The molecule has 0 aliphatic carbocycles. The summed E-state index contributed by atoms with van der Waals surface area (Å²) in [5.41, 5.74) is 0. The van der Waals surface area contributed by atoms with Crippen LogP contribution in [0.1, 0.15) is 0 Å². The van der Waals surface area contributed by atoms with E-state index in [2.05, 4.69) is 4.74 Å². The van der Waals surface area contributed by atoms with Gasteiger partial charge in [-0.05, 0) is 0 Å². The Morgan fingerprint density at radius 1 is 1.33 bits per heavy atom. The maximum Gasteiger partial charge on any atom is 0.430 e. The van der Waals surface area contributed by atoms with Gasteiger partial charge in [0.1, 0.15) is 0 Å². The van der Waals surface area contributed by atoms with Gasteiger partial charge in [-0.3, -0.25) is 0 Å². The quantitative estimate of drug-likeness (QED) is 0.412. The summed E-state index contributed by atoms with van der Waals surface area (Å²) in [6.45, 7) is 0. The van der Waals surface area contributed by atoms with Crippen molar-refractivity contribution < 1.29 is 27.1 Å². The Morgan fingerprint density at radius 3 is 2.00 bits per heavy atom. The second-order valence-electron chi connectivity index (χ2n) is 1.60. The Labute approximate surface area is 74.4 Å². The minimum Gasteiger partial charge on any atom is -0.429 e. The van der Waals surface area contributed by atoms with Crippen molar-refractivity contribution in [1.29, 1.82) is 0 Å². The second-order valence-corrected chi connectivity index (χ2v) is 2.62. The van der Waals surface area contributed by atoms with Crippen molar-refractivity contribution in [1.82, 2.24) is 0 Å². The zero-order chi connectivity index (χ0) is 9.94. The number of carbonyl (C=O) groups is 1. The molecule has 0 saturated heterocycles. The van der Waals surface area contributed by atoms with E-state index < -0.39 is 23.3 Å². The monoisotopic (exact) mass is 228 g/mol. The van der Waals surface area contributed by atoms with Crippen LogP contribution in [-0.4, -0.2) is 23.3 Å². The van der Waals surface area contributed by atoms with E-state index in [-0.39, 0.29) is 0 Å². The molecule has 0 N–H and O–H groups in total. The fourth-order valence-electron chi connectivity index (χ4n) is 0.281. The van der Waals surface area contributed by atoms with Crippen LogP contribution in [0.4, 0.5) is 17.6 Å². The predicted octanol–water partition coefficient (Wildman–Crippen LogP) is 2.19. The van der Waals surface area contributed by atoms with Crippen LogP contribution >= 0.6 is 23.2 Å². The summed E-state index contributed by atoms with van der Waals surface area (Å²) in [6.07, 6.45) is -9.00. The van der Waals surface area contributed by atoms with Crippen molar-refractivity contribution >= 4 is 29.2 Å². The smallest absolute Gasteiger partial charge is 0.429 e. The molecule has 0 aromatic heterocycles. The Kier molecular flexibility index (Phi) is 4.05. The summed E-state index contributed by atoms with van der Waals surface area (Å²) in [5, 5.41) is -1.81. The molecule has 0 aliphatic rings. The molecule has 0 heterocycles. The van der Waals surface area contributed by atoms with Crippen LogP contribution in [-0.2, 0) is 9.53 Å². The normalized spacial score (nSPS) is 14.6. The molecule has 0 radical (unpaired) electrons. The van der Waals surface area contributed by atoms with Gasteiger partial charge in [-0.1, -0.05) is 23.2 Å². The molecule has 0 bridgehead atoms. The zero-order valence-corrected chi connectivity index (χ0v) is 6.75. The maximum absolute atomic E-state index is 11.9. The highest BCUT2D eigenvalue weighted by molar-refractivity contribution is 6.43. The van der Waals surface area contributed by atoms with Gasteiger partial charge < -0.3 is 4.74 Å². The average Bonchev–Trinajstić information content (AvgIpc) is 1.82. The third-order valence-corrected chi connectivity index (χ3v) is 0.878. The highest BCUT2D eigenvalue weighted by atomic mass is 35.5. The lowest BCUT2D eigenvalue weighted by Crippen LogP contribution is -2.34. The molecule has 0 aromatic carbocycles. The van der Waals surface area contributed by atoms with E-state index in [9.17, 15) is 22.4 Å². The molecule has 2 nitrogen and oxygen atoms in total. The van der Waals surface area contributed by atoms with Gasteiger partial charge >= 0.3 is 12.1 Å². The molecule has 72 valence electrons. The molecule has 1 atom stereocenters. The summed E-state index contributed by atoms with van der Waals surface area (Å²) in [6, 6.07) is 0. The highest BCUT2D eigenvalue weighted by Crippen LogP contribution is 2.24. The van der Waals surface area contributed by atoms with E-state index in [0.717, 1.165) is 0 Å². The first-order valence-electron chi connectivity index (χ1n) is 2.44. The van der Waals surface area contributed by atoms with Crippen LogP contribution in [0.3, 0.4) is 0 Å². The summed E-state index contributed by atoms with van der Waals surface area (Å²) >= 11 is 9.51. The van der Waals surface area contributed by atoms with E-state index in [1.165, 1.54) is 0 Å². The first kappa shape index (κ1) is 11.8. The van der Waals surface area contributed by atoms with Gasteiger partial charge in [0.25, 0.3) is 11.2 Å². The number of rotatable bonds is 2. The summed E-state index contributed by atoms with van der Waals surface area (Å²) in [4.78, 5) is 10.1. The van der Waals surface area contributed by atoms with Crippen molar-refractivity contribution in [3.8, 4) is 0 Å². The van der Waals surface area contributed by atoms with Crippen molar-refractivity contribution in [2.45, 2.75) is 17.4 Å². The fourth-order valence-corrected chi connectivity index (χ4v) is 0.457. The summed E-state index contributed by atoms with van der Waals surface area (Å²) in [5.74, 6) is -2.16. The molecule has 0 aromatic rings. The molecule has 0 spiro atoms. The molecule has 0 aliphatic heterocycles. The molecule has 0 saturated carbocycles. The molecule has 0 amide bonds. The number of hydrogen-bond donors (Lipinski definition) is 0. The Morgan fingerprint density at radius 2 is 1.75 bits per heavy atom. The van der Waals surface area contributed by atoms with Crippen LogP contribution in [0.25, 0.3) is 0 Å². The number of ether oxygens (including phenoxy) is 1. The predicted molar refractivity (Wildman–Crippen MR) is 32.5 cm³/mol. The maximum atomic E-state index is 11.9. The first-order chi connectivity index (χ1) is 5.25. The van der Waals surface area contributed by atoms with Crippen LogP contribution in [0.2, 0.25) is 0 Å². The van der Waals surface area contributed by atoms with E-state index in [1.54, 1.807) is 0 Å². The fraction of sp³-hybridized carbons (Fsp3) is 0.750. The molecule has 8 heteroatoms. The first-order valence-corrected chi connectivity index (χ1v) is 3.32. The largest absolute Gasteiger partial charge is 0.430 e. The van der Waals surface area contributed by atoms with E-state index in [4.69, 9.17) is 23.2 Å². The van der Waals surface area contributed by atoms with E-state index in [1.807, 2.05) is 0 Å². The topological polar surface area (TPSA) is 26.3 Å². The van der Waals surface area contributed by atoms with Crippen molar-refractivity contribution in [3.63, 3.8) is 0 Å². The molecule has 1 unspecified atom stereocenters. The van der Waals surface area contributed by atoms with Crippen LogP contribution in [0.5, 0.6) is 0 Å². The third kappa shape index (κ3) is 3.96. The lowest BCUT2D eigenvalue weighted by Gasteiger charge is -2.11. The van der Waals surface area contributed by atoms with Crippen molar-refractivity contribution in [3.05, 3.63) is 0 Å². The minimum absolute atomic E-state index is 1.81. The molecular formula is C4H2Cl2F4O2. The van der Waals surface area contributed by atoms with Gasteiger partial charge in [-0.15, -0.1) is 0 Å². The average molecular weight is 229 g/mol. The van der Waals surface area contributed by atoms with Gasteiger partial charge in [0.15, 0.2) is 0 Å². The van der Waals surface area contributed by atoms with Gasteiger partial charge in [-0.2, -0.15) is 13.2 Å². The summed E-state index contributed by atoms with van der Waals surface area (Å²) < 4.78 is 49.6. The van der Waals surface area contributed by atoms with Gasteiger partial charge in [0.05, 0.1) is 0 Å². The number of halogens is 6. The van der Waals surface area contributed by atoms with Crippen LogP contribution < -0.4 is 0 Å². The van der Waals surface area contributed by atoms with E-state index >= 15 is 0 Å². The SMILES string of the molecule is O=C(OC(Cl)Cl)C(F)C(F)(F)F. The van der Waals surface area contributed by atoms with E-state index in [0.29, 0.717) is 0 Å². The van der Waals surface area contributed by atoms with Crippen molar-refractivity contribution in [2.24, 2.45) is 0 Å². The molecular weight excluding hydrogens is 227 g/mol. The Balaban J connectivity index is 4.12. The molecule has 12 heavy (non-hydrogen) atoms. The number of hydrogen-bond acceptors (Lipinski definition) is 2. The zero-order valence-electron chi connectivity index (χ0n) is 5.24. The molecule has 0 fully saturated rings.